The molecule has 2 aliphatic rings. The molecular weight excluding hydrogens is 326 g/mol. The minimum atomic E-state index is 0.117. The van der Waals surface area contributed by atoms with Crippen LogP contribution in [0.2, 0.25) is 0 Å². The van der Waals surface area contributed by atoms with E-state index in [9.17, 15) is 4.79 Å². The van der Waals surface area contributed by atoms with Crippen LogP contribution in [0.4, 0.5) is 5.82 Å². The minimum absolute atomic E-state index is 0.117. The molecule has 2 saturated heterocycles. The van der Waals surface area contributed by atoms with Crippen molar-refractivity contribution in [3.05, 3.63) is 42.6 Å². The topological polar surface area (TPSA) is 61.4 Å². The molecule has 6 nitrogen and oxygen atoms in total. The Kier molecular flexibility index (Phi) is 4.84. The second-order valence-corrected chi connectivity index (χ2v) is 7.12. The molecule has 1 amide bonds. The molecule has 2 aliphatic heterocycles. The molecule has 0 spiro atoms. The maximum atomic E-state index is 12.7. The lowest BCUT2D eigenvalue weighted by Gasteiger charge is -2.39. The van der Waals surface area contributed by atoms with Crippen LogP contribution < -0.4 is 10.2 Å². The Balaban J connectivity index is 1.39. The molecule has 3 heterocycles. The van der Waals surface area contributed by atoms with E-state index in [1.807, 2.05) is 47.5 Å². The molecule has 6 heteroatoms. The average molecular weight is 351 g/mol. The third kappa shape index (κ3) is 3.42. The second kappa shape index (κ2) is 7.41. The van der Waals surface area contributed by atoms with E-state index >= 15 is 0 Å². The zero-order valence-electron chi connectivity index (χ0n) is 15.1. The number of carbonyl (C=O) groups excluding carboxylic acids is 1. The number of benzene rings is 1. The lowest BCUT2D eigenvalue weighted by Crippen LogP contribution is -2.54. The summed E-state index contributed by atoms with van der Waals surface area (Å²) < 4.78 is 0. The Morgan fingerprint density at radius 1 is 1.12 bits per heavy atom. The molecule has 2 aromatic rings. The van der Waals surface area contributed by atoms with Gasteiger partial charge in [-0.2, -0.15) is 0 Å². The Hall–Kier alpha value is -2.47. The summed E-state index contributed by atoms with van der Waals surface area (Å²) in [5, 5.41) is 3.25. The van der Waals surface area contributed by atoms with E-state index in [4.69, 9.17) is 4.98 Å². The predicted molar refractivity (Wildman–Crippen MR) is 102 cm³/mol. The number of hydrogen-bond donors (Lipinski definition) is 1. The van der Waals surface area contributed by atoms with Crippen LogP contribution in [0.15, 0.2) is 42.6 Å². The molecule has 1 N–H and O–H groups in total. The highest BCUT2D eigenvalue weighted by molar-refractivity contribution is 5.79. The SMILES string of the molecule is CC(C(=O)N1CCN(c2ccnc(-c3ccccc3)n2)CC1)C1CNC1. The lowest BCUT2D eigenvalue weighted by atomic mass is 9.88. The number of piperazine rings is 1. The summed E-state index contributed by atoms with van der Waals surface area (Å²) in [6.45, 7) is 7.14. The fourth-order valence-electron chi connectivity index (χ4n) is 3.56. The van der Waals surface area contributed by atoms with E-state index in [0.717, 1.165) is 56.5 Å². The van der Waals surface area contributed by atoms with Gasteiger partial charge in [0.25, 0.3) is 0 Å². The number of amides is 1. The molecule has 1 aromatic heterocycles. The molecule has 0 bridgehead atoms. The van der Waals surface area contributed by atoms with Crippen LogP contribution in [-0.4, -0.2) is 60.0 Å². The summed E-state index contributed by atoms with van der Waals surface area (Å²) >= 11 is 0. The Bertz CT molecular complexity index is 754. The number of nitrogens with one attached hydrogen (secondary N) is 1. The first-order valence-corrected chi connectivity index (χ1v) is 9.35. The van der Waals surface area contributed by atoms with Gasteiger partial charge in [0.1, 0.15) is 5.82 Å². The van der Waals surface area contributed by atoms with Crippen LogP contribution in [0, 0.1) is 11.8 Å². The van der Waals surface area contributed by atoms with Crippen molar-refractivity contribution in [2.45, 2.75) is 6.92 Å². The fourth-order valence-corrected chi connectivity index (χ4v) is 3.56. The average Bonchev–Trinajstić information content (AvgIpc) is 2.67. The first kappa shape index (κ1) is 17.0. The Morgan fingerprint density at radius 3 is 2.50 bits per heavy atom. The summed E-state index contributed by atoms with van der Waals surface area (Å²) in [7, 11) is 0. The molecule has 0 saturated carbocycles. The van der Waals surface area contributed by atoms with Crippen molar-refractivity contribution in [1.82, 2.24) is 20.2 Å². The van der Waals surface area contributed by atoms with Gasteiger partial charge in [0.2, 0.25) is 5.91 Å². The van der Waals surface area contributed by atoms with Crippen LogP contribution in [0.1, 0.15) is 6.92 Å². The van der Waals surface area contributed by atoms with Crippen LogP contribution in [0.5, 0.6) is 0 Å². The van der Waals surface area contributed by atoms with Gasteiger partial charge in [-0.25, -0.2) is 9.97 Å². The molecule has 1 unspecified atom stereocenters. The third-order valence-corrected chi connectivity index (χ3v) is 5.50. The van der Waals surface area contributed by atoms with E-state index in [1.54, 1.807) is 0 Å². The number of aromatic nitrogens is 2. The van der Waals surface area contributed by atoms with Crippen molar-refractivity contribution < 1.29 is 4.79 Å². The molecule has 0 radical (unpaired) electrons. The second-order valence-electron chi connectivity index (χ2n) is 7.12. The molecule has 1 atom stereocenters. The van der Waals surface area contributed by atoms with E-state index < -0.39 is 0 Å². The predicted octanol–water partition coefficient (Wildman–Crippen LogP) is 1.65. The van der Waals surface area contributed by atoms with Gasteiger partial charge in [-0.3, -0.25) is 4.79 Å². The zero-order valence-corrected chi connectivity index (χ0v) is 15.1. The summed E-state index contributed by atoms with van der Waals surface area (Å²) in [5.41, 5.74) is 1.02. The quantitative estimate of drug-likeness (QED) is 0.908. The highest BCUT2D eigenvalue weighted by Gasteiger charge is 2.33. The van der Waals surface area contributed by atoms with Gasteiger partial charge < -0.3 is 15.1 Å². The molecule has 0 aliphatic carbocycles. The maximum Gasteiger partial charge on any atom is 0.225 e. The monoisotopic (exact) mass is 351 g/mol. The fraction of sp³-hybridized carbons (Fsp3) is 0.450. The van der Waals surface area contributed by atoms with Crippen molar-refractivity contribution >= 4 is 11.7 Å². The van der Waals surface area contributed by atoms with Gasteiger partial charge in [-0.1, -0.05) is 37.3 Å². The van der Waals surface area contributed by atoms with E-state index in [-0.39, 0.29) is 5.92 Å². The molecular formula is C20H25N5O. The first-order valence-electron chi connectivity index (χ1n) is 9.35. The molecule has 4 rings (SSSR count). The van der Waals surface area contributed by atoms with Gasteiger partial charge >= 0.3 is 0 Å². The molecule has 2 fully saturated rings. The van der Waals surface area contributed by atoms with Crippen molar-refractivity contribution in [2.24, 2.45) is 11.8 Å². The van der Waals surface area contributed by atoms with Crippen molar-refractivity contribution in [2.75, 3.05) is 44.2 Å². The van der Waals surface area contributed by atoms with Crippen molar-refractivity contribution in [3.8, 4) is 11.4 Å². The number of anilines is 1. The zero-order chi connectivity index (χ0) is 17.9. The maximum absolute atomic E-state index is 12.7. The van der Waals surface area contributed by atoms with Crippen LogP contribution in [-0.2, 0) is 4.79 Å². The van der Waals surface area contributed by atoms with E-state index in [2.05, 4.69) is 22.1 Å². The highest BCUT2D eigenvalue weighted by Crippen LogP contribution is 2.22. The Labute approximate surface area is 154 Å². The Morgan fingerprint density at radius 2 is 1.85 bits per heavy atom. The molecule has 1 aromatic carbocycles. The van der Waals surface area contributed by atoms with Gasteiger partial charge in [0.15, 0.2) is 5.82 Å². The summed E-state index contributed by atoms with van der Waals surface area (Å²) in [6, 6.07) is 12.0. The number of carbonyl (C=O) groups is 1. The summed E-state index contributed by atoms with van der Waals surface area (Å²) in [5.74, 6) is 2.58. The van der Waals surface area contributed by atoms with Gasteiger partial charge in [-0.15, -0.1) is 0 Å². The van der Waals surface area contributed by atoms with E-state index in [1.165, 1.54) is 0 Å². The standard InChI is InChI=1S/C20H25N5O/c1-15(17-13-21-14-17)20(26)25-11-9-24(10-12-25)18-7-8-22-19(23-18)16-5-3-2-4-6-16/h2-8,15,17,21H,9-14H2,1H3. The molecule has 26 heavy (non-hydrogen) atoms. The van der Waals surface area contributed by atoms with Gasteiger partial charge in [0, 0.05) is 43.9 Å². The normalized spacial score (nSPS) is 19.1. The van der Waals surface area contributed by atoms with Crippen LogP contribution in [0.3, 0.4) is 0 Å². The first-order chi connectivity index (χ1) is 12.7. The third-order valence-electron chi connectivity index (χ3n) is 5.50. The van der Waals surface area contributed by atoms with Gasteiger partial charge in [0.05, 0.1) is 0 Å². The number of rotatable bonds is 4. The smallest absolute Gasteiger partial charge is 0.225 e. The van der Waals surface area contributed by atoms with Crippen LogP contribution >= 0.6 is 0 Å². The van der Waals surface area contributed by atoms with Crippen molar-refractivity contribution in [3.63, 3.8) is 0 Å². The van der Waals surface area contributed by atoms with Crippen molar-refractivity contribution in [1.29, 1.82) is 0 Å². The highest BCUT2D eigenvalue weighted by atomic mass is 16.2. The van der Waals surface area contributed by atoms with Crippen LogP contribution in [0.25, 0.3) is 11.4 Å². The minimum Gasteiger partial charge on any atom is -0.353 e. The van der Waals surface area contributed by atoms with E-state index in [0.29, 0.717) is 11.8 Å². The number of hydrogen-bond acceptors (Lipinski definition) is 5. The molecule has 136 valence electrons. The largest absolute Gasteiger partial charge is 0.353 e. The summed E-state index contributed by atoms with van der Waals surface area (Å²) in [4.78, 5) is 26.0. The van der Waals surface area contributed by atoms with Gasteiger partial charge in [-0.05, 0) is 25.1 Å². The summed E-state index contributed by atoms with van der Waals surface area (Å²) in [6.07, 6.45) is 1.81. The lowest BCUT2D eigenvalue weighted by molar-refractivity contribution is -0.137. The number of nitrogens with zero attached hydrogens (tertiary/aromatic N) is 4.